The third kappa shape index (κ3) is 3.78. The molecule has 1 unspecified atom stereocenters. The maximum absolute atomic E-state index is 12.3. The third-order valence-corrected chi connectivity index (χ3v) is 3.87. The number of rotatable bonds is 4. The van der Waals surface area contributed by atoms with Crippen molar-refractivity contribution in [1.29, 1.82) is 0 Å². The van der Waals surface area contributed by atoms with E-state index in [2.05, 4.69) is 5.32 Å². The first-order valence-electron chi connectivity index (χ1n) is 7.01. The monoisotopic (exact) mass is 261 g/mol. The molecular formula is C15H23N3O. The van der Waals surface area contributed by atoms with Gasteiger partial charge in [0.25, 0.3) is 0 Å². The van der Waals surface area contributed by atoms with Crippen molar-refractivity contribution in [3.63, 3.8) is 0 Å². The van der Waals surface area contributed by atoms with Gasteiger partial charge in [-0.3, -0.25) is 4.79 Å². The molecule has 1 aromatic rings. The minimum Gasteiger partial charge on any atom is -0.353 e. The molecule has 0 radical (unpaired) electrons. The van der Waals surface area contributed by atoms with Gasteiger partial charge in [0.05, 0.1) is 5.92 Å². The van der Waals surface area contributed by atoms with Gasteiger partial charge in [0.1, 0.15) is 0 Å². The molecule has 0 spiro atoms. The zero-order valence-electron chi connectivity index (χ0n) is 11.2. The summed E-state index contributed by atoms with van der Waals surface area (Å²) in [5.41, 5.74) is 12.6. The molecule has 4 nitrogen and oxygen atoms in total. The zero-order valence-corrected chi connectivity index (χ0v) is 11.2. The van der Waals surface area contributed by atoms with Crippen LogP contribution in [0.1, 0.15) is 37.2 Å². The van der Waals surface area contributed by atoms with Crippen molar-refractivity contribution in [2.75, 3.05) is 6.54 Å². The quantitative estimate of drug-likeness (QED) is 0.759. The maximum atomic E-state index is 12.3. The van der Waals surface area contributed by atoms with Crippen LogP contribution < -0.4 is 16.8 Å². The molecule has 1 saturated carbocycles. The molecule has 1 amide bonds. The van der Waals surface area contributed by atoms with Gasteiger partial charge >= 0.3 is 0 Å². The lowest BCUT2D eigenvalue weighted by atomic mass is 9.90. The van der Waals surface area contributed by atoms with Crippen LogP contribution in [-0.2, 0) is 4.79 Å². The Hall–Kier alpha value is -1.39. The highest BCUT2D eigenvalue weighted by molar-refractivity contribution is 5.84. The van der Waals surface area contributed by atoms with Gasteiger partial charge < -0.3 is 16.8 Å². The average Bonchev–Trinajstić information content (AvgIpc) is 2.43. The number of nitrogens with one attached hydrogen (secondary N) is 1. The molecule has 104 valence electrons. The molecule has 5 N–H and O–H groups in total. The molecule has 1 aromatic carbocycles. The van der Waals surface area contributed by atoms with Gasteiger partial charge in [0.15, 0.2) is 0 Å². The number of carbonyl (C=O) groups excluding carboxylic acids is 1. The second-order valence-electron chi connectivity index (χ2n) is 5.32. The summed E-state index contributed by atoms with van der Waals surface area (Å²) in [6.45, 7) is 0.335. The summed E-state index contributed by atoms with van der Waals surface area (Å²) in [4.78, 5) is 12.3. The number of nitrogens with two attached hydrogens (primary N) is 2. The second-order valence-corrected chi connectivity index (χ2v) is 5.32. The smallest absolute Gasteiger partial charge is 0.229 e. The lowest BCUT2D eigenvalue weighted by Gasteiger charge is -2.28. The third-order valence-electron chi connectivity index (χ3n) is 3.87. The number of hydrogen-bond acceptors (Lipinski definition) is 3. The van der Waals surface area contributed by atoms with Gasteiger partial charge in [-0.1, -0.05) is 30.3 Å². The van der Waals surface area contributed by atoms with Crippen LogP contribution in [0.3, 0.4) is 0 Å². The summed E-state index contributed by atoms with van der Waals surface area (Å²) in [5, 5.41) is 3.11. The Morgan fingerprint density at radius 3 is 2.42 bits per heavy atom. The molecule has 0 bridgehead atoms. The topological polar surface area (TPSA) is 81.1 Å². The van der Waals surface area contributed by atoms with E-state index in [1.807, 2.05) is 30.3 Å². The summed E-state index contributed by atoms with van der Waals surface area (Å²) in [6, 6.07) is 10.3. The van der Waals surface area contributed by atoms with Crippen LogP contribution in [0.2, 0.25) is 0 Å². The van der Waals surface area contributed by atoms with Crippen LogP contribution in [0.4, 0.5) is 0 Å². The van der Waals surface area contributed by atoms with E-state index in [4.69, 9.17) is 11.5 Å². The molecule has 2 rings (SSSR count). The van der Waals surface area contributed by atoms with E-state index in [1.165, 1.54) is 0 Å². The Morgan fingerprint density at radius 1 is 1.21 bits per heavy atom. The Kier molecular flexibility index (Phi) is 4.93. The largest absolute Gasteiger partial charge is 0.353 e. The summed E-state index contributed by atoms with van der Waals surface area (Å²) < 4.78 is 0. The molecule has 4 heteroatoms. The van der Waals surface area contributed by atoms with Crippen molar-refractivity contribution in [3.8, 4) is 0 Å². The van der Waals surface area contributed by atoms with Crippen LogP contribution in [0.5, 0.6) is 0 Å². The van der Waals surface area contributed by atoms with E-state index in [-0.39, 0.29) is 17.9 Å². The van der Waals surface area contributed by atoms with E-state index in [0.29, 0.717) is 12.6 Å². The highest BCUT2D eigenvalue weighted by Gasteiger charge is 2.24. The normalized spacial score (nSPS) is 24.7. The first-order chi connectivity index (χ1) is 9.20. The highest BCUT2D eigenvalue weighted by Crippen LogP contribution is 2.19. The van der Waals surface area contributed by atoms with Crippen molar-refractivity contribution >= 4 is 5.91 Å². The summed E-state index contributed by atoms with van der Waals surface area (Å²) in [6.07, 6.45) is 3.92. The van der Waals surface area contributed by atoms with Crippen LogP contribution in [0.15, 0.2) is 30.3 Å². The minimum atomic E-state index is -0.253. The average molecular weight is 261 g/mol. The molecular weight excluding hydrogens is 238 g/mol. The maximum Gasteiger partial charge on any atom is 0.229 e. The van der Waals surface area contributed by atoms with Crippen LogP contribution in [0.25, 0.3) is 0 Å². The lowest BCUT2D eigenvalue weighted by Crippen LogP contribution is -2.43. The molecule has 19 heavy (non-hydrogen) atoms. The fraction of sp³-hybridized carbons (Fsp3) is 0.533. The fourth-order valence-corrected chi connectivity index (χ4v) is 2.65. The van der Waals surface area contributed by atoms with Crippen molar-refractivity contribution in [2.45, 2.75) is 43.7 Å². The van der Waals surface area contributed by atoms with Crippen molar-refractivity contribution in [1.82, 2.24) is 5.32 Å². The van der Waals surface area contributed by atoms with Crippen LogP contribution >= 0.6 is 0 Å². The number of carbonyl (C=O) groups is 1. The molecule has 1 atom stereocenters. The van der Waals surface area contributed by atoms with Crippen LogP contribution in [0, 0.1) is 0 Å². The predicted molar refractivity (Wildman–Crippen MR) is 76.6 cm³/mol. The first-order valence-corrected chi connectivity index (χ1v) is 7.01. The Labute approximate surface area is 114 Å². The van der Waals surface area contributed by atoms with Gasteiger partial charge in [-0.2, -0.15) is 0 Å². The molecule has 0 saturated heterocycles. The highest BCUT2D eigenvalue weighted by atomic mass is 16.1. The summed E-state index contributed by atoms with van der Waals surface area (Å²) in [5.74, 6) is -0.217. The Bertz CT molecular complexity index is 399. The summed E-state index contributed by atoms with van der Waals surface area (Å²) in [7, 11) is 0. The Balaban J connectivity index is 1.94. The van der Waals surface area contributed by atoms with E-state index in [9.17, 15) is 4.79 Å². The standard InChI is InChI=1S/C15H23N3O/c16-10-14(11-4-2-1-3-5-11)15(19)18-13-8-6-12(17)7-9-13/h1-5,12-14H,6-10,16-17H2,(H,18,19). The van der Waals surface area contributed by atoms with Crippen molar-refractivity contribution < 1.29 is 4.79 Å². The van der Waals surface area contributed by atoms with E-state index in [0.717, 1.165) is 31.2 Å². The predicted octanol–water partition coefficient (Wildman–Crippen LogP) is 1.12. The SMILES string of the molecule is NCC(C(=O)NC1CCC(N)CC1)c1ccccc1. The first kappa shape index (κ1) is 14.0. The molecule has 1 fully saturated rings. The van der Waals surface area contributed by atoms with Gasteiger partial charge in [0, 0.05) is 18.6 Å². The fourth-order valence-electron chi connectivity index (χ4n) is 2.65. The minimum absolute atomic E-state index is 0.0363. The van der Waals surface area contributed by atoms with Crippen molar-refractivity contribution in [3.05, 3.63) is 35.9 Å². The van der Waals surface area contributed by atoms with E-state index < -0.39 is 0 Å². The van der Waals surface area contributed by atoms with E-state index >= 15 is 0 Å². The van der Waals surface area contributed by atoms with Gasteiger partial charge in [0.2, 0.25) is 5.91 Å². The number of hydrogen-bond donors (Lipinski definition) is 3. The van der Waals surface area contributed by atoms with Crippen molar-refractivity contribution in [2.24, 2.45) is 11.5 Å². The zero-order chi connectivity index (χ0) is 13.7. The molecule has 0 aliphatic heterocycles. The lowest BCUT2D eigenvalue weighted by molar-refractivity contribution is -0.123. The number of amides is 1. The van der Waals surface area contributed by atoms with Gasteiger partial charge in [-0.05, 0) is 31.2 Å². The molecule has 1 aliphatic rings. The molecule has 0 aromatic heterocycles. The number of benzene rings is 1. The molecule has 0 heterocycles. The Morgan fingerprint density at radius 2 is 1.84 bits per heavy atom. The second kappa shape index (κ2) is 6.68. The van der Waals surface area contributed by atoms with Gasteiger partial charge in [-0.15, -0.1) is 0 Å². The molecule has 1 aliphatic carbocycles. The van der Waals surface area contributed by atoms with Crippen LogP contribution in [-0.4, -0.2) is 24.5 Å². The van der Waals surface area contributed by atoms with Gasteiger partial charge in [-0.25, -0.2) is 0 Å². The van der Waals surface area contributed by atoms with E-state index in [1.54, 1.807) is 0 Å². The summed E-state index contributed by atoms with van der Waals surface area (Å²) >= 11 is 0.